The van der Waals surface area contributed by atoms with Crippen molar-refractivity contribution >= 4 is 5.97 Å². The van der Waals surface area contributed by atoms with Gasteiger partial charge in [-0.25, -0.2) is 0 Å². The minimum absolute atomic E-state index is 0.0841. The Balaban J connectivity index is 2.53. The van der Waals surface area contributed by atoms with Gasteiger partial charge in [-0.05, 0) is 44.8 Å². The molecule has 3 nitrogen and oxygen atoms in total. The molecule has 0 amide bonds. The highest BCUT2D eigenvalue weighted by molar-refractivity contribution is 5.66. The van der Waals surface area contributed by atoms with Crippen LogP contribution in [0.1, 0.15) is 85.9 Å². The van der Waals surface area contributed by atoms with Gasteiger partial charge in [0.15, 0.2) is 0 Å². The van der Waals surface area contributed by atoms with Gasteiger partial charge in [0.25, 0.3) is 0 Å². The maximum atomic E-state index is 10.4. The van der Waals surface area contributed by atoms with Crippen LogP contribution in [0.3, 0.4) is 0 Å². The highest BCUT2D eigenvalue weighted by atomic mass is 16.6. The topological polar surface area (TPSA) is 49.8 Å². The summed E-state index contributed by atoms with van der Waals surface area (Å²) in [5.41, 5.74) is 0. The highest BCUT2D eigenvalue weighted by Gasteiger charge is 2.35. The number of rotatable bonds is 14. The van der Waals surface area contributed by atoms with Gasteiger partial charge in [0.05, 0.1) is 12.2 Å². The molecule has 0 aromatic rings. The zero-order valence-electron chi connectivity index (χ0n) is 24.1. The van der Waals surface area contributed by atoms with E-state index in [1.54, 1.807) is 0 Å². The number of epoxide rings is 1. The van der Waals surface area contributed by atoms with Gasteiger partial charge < -0.3 is 9.84 Å². The molecule has 1 rings (SSSR count). The van der Waals surface area contributed by atoms with E-state index >= 15 is 0 Å². The van der Waals surface area contributed by atoms with Gasteiger partial charge in [-0.15, -0.1) is 0 Å². The third-order valence-corrected chi connectivity index (χ3v) is 3.19. The lowest BCUT2D eigenvalue weighted by atomic mass is 10.1. The second-order valence-corrected chi connectivity index (χ2v) is 5.07. The van der Waals surface area contributed by atoms with Crippen LogP contribution in [0.25, 0.3) is 0 Å². The summed E-state index contributed by atoms with van der Waals surface area (Å²) in [4.78, 5) is 10.4. The van der Waals surface area contributed by atoms with Gasteiger partial charge in [0, 0.05) is 21.5 Å². The van der Waals surface area contributed by atoms with E-state index in [0.717, 1.165) is 6.08 Å². The highest BCUT2D eigenvalue weighted by Crippen LogP contribution is 2.29. The quantitative estimate of drug-likeness (QED) is 0.262. The van der Waals surface area contributed by atoms with E-state index in [-0.39, 0.29) is 25.0 Å². The number of carboxylic acids is 1. The molecule has 0 unspecified atom stereocenters. The summed E-state index contributed by atoms with van der Waals surface area (Å²) in [5, 5.41) is 8.55. The number of ether oxygens (including phenoxy) is 1. The van der Waals surface area contributed by atoms with Crippen molar-refractivity contribution in [2.45, 2.75) is 83.1 Å². The van der Waals surface area contributed by atoms with Gasteiger partial charge in [-0.2, -0.15) is 0 Å². The molecular weight excluding hydrogens is 288 g/mol. The van der Waals surface area contributed by atoms with Crippen molar-refractivity contribution in [1.29, 1.82) is 0 Å². The van der Waals surface area contributed by atoms with Crippen molar-refractivity contribution in [3.63, 3.8) is 0 Å². The van der Waals surface area contributed by atoms with E-state index < -0.39 is 38.3 Å². The first-order valence-corrected chi connectivity index (χ1v) is 7.73. The van der Waals surface area contributed by atoms with E-state index in [1.807, 2.05) is 24.3 Å². The molecule has 3 heteroatoms. The summed E-state index contributed by atoms with van der Waals surface area (Å²) in [5.74, 6) is -0.811. The third kappa shape index (κ3) is 11.8. The molecule has 0 aromatic heterocycles. The zero-order chi connectivity index (χ0) is 26.4. The van der Waals surface area contributed by atoms with Gasteiger partial charge >= 0.3 is 5.97 Å². The predicted octanol–water partition coefficient (Wildman–Crippen LogP) is 5.43. The average molecular weight is 332 g/mol. The third-order valence-electron chi connectivity index (χ3n) is 3.19. The second-order valence-electron chi connectivity index (χ2n) is 5.07. The average Bonchev–Trinajstić information content (AvgIpc) is 3.43. The van der Waals surface area contributed by atoms with Crippen LogP contribution in [-0.4, -0.2) is 23.3 Å². The first-order chi connectivity index (χ1) is 15.4. The van der Waals surface area contributed by atoms with Crippen molar-refractivity contribution in [2.24, 2.45) is 0 Å². The molecule has 130 valence electrons. The van der Waals surface area contributed by atoms with E-state index in [0.29, 0.717) is 25.7 Å². The number of carboxylic acid groups (broad SMARTS) is 1. The summed E-state index contributed by atoms with van der Waals surface area (Å²) < 4.78 is 89.6. The van der Waals surface area contributed by atoms with Crippen molar-refractivity contribution < 1.29 is 29.7 Å². The second kappa shape index (κ2) is 13.1. The van der Waals surface area contributed by atoms with Gasteiger partial charge in [0.2, 0.25) is 0 Å². The lowest BCUT2D eigenvalue weighted by Gasteiger charge is -1.91. The van der Waals surface area contributed by atoms with Crippen LogP contribution in [0.4, 0.5) is 0 Å². The molecule has 0 radical (unpaired) electrons. The Morgan fingerprint density at radius 3 is 2.61 bits per heavy atom. The van der Waals surface area contributed by atoms with E-state index in [1.165, 1.54) is 6.08 Å². The summed E-state index contributed by atoms with van der Waals surface area (Å²) in [7, 11) is 0. The Kier molecular flexibility index (Phi) is 4.94. The number of hydrogen-bond acceptors (Lipinski definition) is 2. The normalized spacial score (nSPS) is 31.0. The zero-order valence-corrected chi connectivity index (χ0v) is 13.1. The fraction of sp³-hybridized carbons (Fsp3) is 0.650. The number of hydrogen-bond donors (Lipinski definition) is 1. The minimum Gasteiger partial charge on any atom is -0.481 e. The molecule has 1 N–H and O–H groups in total. The number of aliphatic carboxylic acids is 1. The van der Waals surface area contributed by atoms with Crippen LogP contribution in [0.5, 0.6) is 0 Å². The van der Waals surface area contributed by atoms with E-state index in [4.69, 9.17) is 24.9 Å². The van der Waals surface area contributed by atoms with Crippen LogP contribution in [0, 0.1) is 0 Å². The van der Waals surface area contributed by atoms with Crippen LogP contribution in [0.15, 0.2) is 36.5 Å². The SMILES string of the molecule is [2H]C([2H])([2H])C([2H])([2H])C([2H])([2H])C([2H])([2H])C([2H])([2H])/C=C\C[C@H]1O[C@H]1C/C=C\C/C=C\CCCC(=O)O. The minimum atomic E-state index is -3.65. The summed E-state index contributed by atoms with van der Waals surface area (Å²) in [6, 6.07) is 0. The largest absolute Gasteiger partial charge is 0.481 e. The molecule has 0 saturated carbocycles. The monoisotopic (exact) mass is 331 g/mol. The summed E-state index contributed by atoms with van der Waals surface area (Å²) >= 11 is 0. The molecule has 0 spiro atoms. The lowest BCUT2D eigenvalue weighted by Crippen LogP contribution is -1.92. The van der Waals surface area contributed by atoms with Crippen molar-refractivity contribution in [3.05, 3.63) is 36.5 Å². The maximum absolute atomic E-state index is 10.4. The molecule has 1 aliphatic rings. The molecule has 1 heterocycles. The molecule has 2 atom stereocenters. The Hall–Kier alpha value is -1.35. The predicted molar refractivity (Wildman–Crippen MR) is 95.6 cm³/mol. The Morgan fingerprint density at radius 2 is 1.87 bits per heavy atom. The number of unbranched alkanes of at least 4 members (excludes halogenated alkanes) is 1. The van der Waals surface area contributed by atoms with Crippen LogP contribution >= 0.6 is 0 Å². The van der Waals surface area contributed by atoms with Gasteiger partial charge in [-0.1, -0.05) is 56.1 Å². The summed E-state index contributed by atoms with van der Waals surface area (Å²) in [6.07, 6.45) is -1.16. The fourth-order valence-electron chi connectivity index (χ4n) is 1.95. The lowest BCUT2D eigenvalue weighted by molar-refractivity contribution is -0.137. The molecule has 23 heavy (non-hydrogen) atoms. The Labute approximate surface area is 156 Å². The molecule has 0 bridgehead atoms. The smallest absolute Gasteiger partial charge is 0.303 e. The standard InChI is InChI=1S/C20H32O3/c1-2-3-4-5-9-12-15-18-19(23-18)16-13-10-7-6-8-11-14-17-20(21)22/h6,8-10,12-13,18-19H,2-5,7,11,14-17H2,1H3,(H,21,22)/b8-6-,12-9-,13-10-/t18-,19+/m1/s1/i1D3,2D2,3D2,4D2,5D2. The van der Waals surface area contributed by atoms with Crippen LogP contribution in [0.2, 0.25) is 0 Å². The van der Waals surface area contributed by atoms with Crippen molar-refractivity contribution in [2.75, 3.05) is 0 Å². The first kappa shape index (κ1) is 8.66. The Morgan fingerprint density at radius 1 is 1.13 bits per heavy atom. The van der Waals surface area contributed by atoms with E-state index in [9.17, 15) is 4.79 Å². The summed E-state index contributed by atoms with van der Waals surface area (Å²) in [6.45, 7) is -3.48. The van der Waals surface area contributed by atoms with Crippen LogP contribution < -0.4 is 0 Å². The van der Waals surface area contributed by atoms with Gasteiger partial charge in [-0.3, -0.25) is 4.79 Å². The van der Waals surface area contributed by atoms with Crippen molar-refractivity contribution in [3.8, 4) is 0 Å². The van der Waals surface area contributed by atoms with Crippen molar-refractivity contribution in [1.82, 2.24) is 0 Å². The maximum Gasteiger partial charge on any atom is 0.303 e. The number of carbonyl (C=O) groups is 1. The number of allylic oxidation sites excluding steroid dienone is 4. The molecular formula is C20H32O3. The van der Waals surface area contributed by atoms with Crippen LogP contribution in [-0.2, 0) is 9.53 Å². The molecule has 1 saturated heterocycles. The fourth-order valence-corrected chi connectivity index (χ4v) is 1.95. The van der Waals surface area contributed by atoms with E-state index in [2.05, 4.69) is 0 Å². The Bertz CT molecular complexity index is 770. The molecule has 1 aliphatic heterocycles. The molecule has 0 aliphatic carbocycles. The first-order valence-electron chi connectivity index (χ1n) is 13.2. The van der Waals surface area contributed by atoms with Gasteiger partial charge in [0.1, 0.15) is 0 Å². The molecule has 1 fully saturated rings. The molecule has 0 aromatic carbocycles.